The predicted molar refractivity (Wildman–Crippen MR) is 76.2 cm³/mol. The van der Waals surface area contributed by atoms with Crippen LogP contribution in [0.1, 0.15) is 5.69 Å². The molecule has 0 spiro atoms. The van der Waals surface area contributed by atoms with E-state index in [9.17, 15) is 4.79 Å². The number of benzene rings is 1. The fourth-order valence-electron chi connectivity index (χ4n) is 1.63. The zero-order valence-corrected chi connectivity index (χ0v) is 12.0. The molecule has 2 rings (SSSR count). The van der Waals surface area contributed by atoms with Gasteiger partial charge in [-0.3, -0.25) is 0 Å². The monoisotopic (exact) mass is 293 g/mol. The third-order valence-electron chi connectivity index (χ3n) is 2.59. The van der Waals surface area contributed by atoms with E-state index < -0.39 is 12.1 Å². The topological polar surface area (TPSA) is 68.7 Å². The highest BCUT2D eigenvalue weighted by molar-refractivity contribution is 7.13. The van der Waals surface area contributed by atoms with Crippen LogP contribution in [0.2, 0.25) is 0 Å². The number of nitrogens with zero attached hydrogens (tertiary/aromatic N) is 1. The molecular weight excluding hydrogens is 278 g/mol. The first-order valence-electron chi connectivity index (χ1n) is 6.01. The van der Waals surface area contributed by atoms with Crippen LogP contribution in [0.4, 0.5) is 0 Å². The lowest BCUT2D eigenvalue weighted by atomic mass is 10.2. The van der Waals surface area contributed by atoms with E-state index in [0.717, 1.165) is 16.3 Å². The standard InChI is InChI=1S/C14H15NO4S/c1-9-8-20-13(15-9)10-3-5-11(6-4-10)19-12(7-18-2)14(16)17/h3-6,8,12H,7H2,1-2H3,(H,16,17). The van der Waals surface area contributed by atoms with Crippen molar-refractivity contribution in [1.82, 2.24) is 4.98 Å². The Labute approximate surface area is 120 Å². The molecule has 106 valence electrons. The van der Waals surface area contributed by atoms with E-state index >= 15 is 0 Å². The SMILES string of the molecule is COCC(Oc1ccc(-c2nc(C)cs2)cc1)C(=O)O. The van der Waals surface area contributed by atoms with E-state index in [1.807, 2.05) is 24.4 Å². The second kappa shape index (κ2) is 6.49. The van der Waals surface area contributed by atoms with Gasteiger partial charge in [-0.1, -0.05) is 0 Å². The zero-order chi connectivity index (χ0) is 14.5. The fraction of sp³-hybridized carbons (Fsp3) is 0.286. The number of aliphatic carboxylic acids is 1. The number of methoxy groups -OCH3 is 1. The molecule has 0 radical (unpaired) electrons. The van der Waals surface area contributed by atoms with Crippen molar-refractivity contribution in [1.29, 1.82) is 0 Å². The molecule has 0 aliphatic carbocycles. The van der Waals surface area contributed by atoms with Crippen molar-refractivity contribution < 1.29 is 19.4 Å². The Kier molecular flexibility index (Phi) is 4.70. The van der Waals surface area contributed by atoms with Gasteiger partial charge in [-0.15, -0.1) is 11.3 Å². The third kappa shape index (κ3) is 3.55. The number of carbonyl (C=O) groups is 1. The molecule has 20 heavy (non-hydrogen) atoms. The Morgan fingerprint density at radius 2 is 2.10 bits per heavy atom. The summed E-state index contributed by atoms with van der Waals surface area (Å²) in [6.45, 7) is 1.95. The zero-order valence-electron chi connectivity index (χ0n) is 11.2. The van der Waals surface area contributed by atoms with Crippen LogP contribution in [-0.2, 0) is 9.53 Å². The minimum absolute atomic E-state index is 0.00274. The Bertz CT molecular complexity index is 579. The van der Waals surface area contributed by atoms with Crippen molar-refractivity contribution in [3.05, 3.63) is 35.3 Å². The van der Waals surface area contributed by atoms with Crippen LogP contribution in [0.3, 0.4) is 0 Å². The van der Waals surface area contributed by atoms with Gasteiger partial charge in [0.05, 0.1) is 6.61 Å². The molecule has 0 aliphatic rings. The van der Waals surface area contributed by atoms with Crippen LogP contribution < -0.4 is 4.74 Å². The number of rotatable bonds is 6. The van der Waals surface area contributed by atoms with E-state index in [1.165, 1.54) is 7.11 Å². The van der Waals surface area contributed by atoms with Crippen LogP contribution in [0.5, 0.6) is 5.75 Å². The lowest BCUT2D eigenvalue weighted by Crippen LogP contribution is -2.31. The van der Waals surface area contributed by atoms with Gasteiger partial charge < -0.3 is 14.6 Å². The van der Waals surface area contributed by atoms with Crippen molar-refractivity contribution in [3.63, 3.8) is 0 Å². The number of aryl methyl sites for hydroxylation is 1. The molecule has 1 unspecified atom stereocenters. The van der Waals surface area contributed by atoms with Gasteiger partial charge in [-0.2, -0.15) is 0 Å². The van der Waals surface area contributed by atoms with Crippen molar-refractivity contribution in [2.45, 2.75) is 13.0 Å². The highest BCUT2D eigenvalue weighted by atomic mass is 32.1. The van der Waals surface area contributed by atoms with E-state index in [0.29, 0.717) is 5.75 Å². The molecule has 0 saturated carbocycles. The summed E-state index contributed by atoms with van der Waals surface area (Å²) in [7, 11) is 1.44. The lowest BCUT2D eigenvalue weighted by Gasteiger charge is -2.14. The predicted octanol–water partition coefficient (Wildman–Crippen LogP) is 2.60. The van der Waals surface area contributed by atoms with Gasteiger partial charge in [0.25, 0.3) is 0 Å². The number of hydrogen-bond donors (Lipinski definition) is 1. The third-order valence-corrected chi connectivity index (χ3v) is 3.60. The summed E-state index contributed by atoms with van der Waals surface area (Å²) in [5.74, 6) is -0.557. The number of thiazole rings is 1. The molecule has 0 saturated heterocycles. The minimum Gasteiger partial charge on any atom is -0.478 e. The maximum absolute atomic E-state index is 11.0. The summed E-state index contributed by atoms with van der Waals surface area (Å²) in [4.78, 5) is 15.4. The van der Waals surface area contributed by atoms with Crippen molar-refractivity contribution in [2.24, 2.45) is 0 Å². The number of carboxylic acids is 1. The maximum atomic E-state index is 11.0. The number of carboxylic acid groups (broad SMARTS) is 1. The quantitative estimate of drug-likeness (QED) is 0.886. The van der Waals surface area contributed by atoms with E-state index in [4.69, 9.17) is 14.6 Å². The molecule has 6 heteroatoms. The molecule has 1 heterocycles. The van der Waals surface area contributed by atoms with Gasteiger partial charge in [0.15, 0.2) is 0 Å². The molecular formula is C14H15NO4S. The molecule has 1 aromatic carbocycles. The highest BCUT2D eigenvalue weighted by Gasteiger charge is 2.19. The molecule has 0 aliphatic heterocycles. The summed E-state index contributed by atoms with van der Waals surface area (Å²) < 4.78 is 10.2. The van der Waals surface area contributed by atoms with Gasteiger partial charge in [-0.25, -0.2) is 9.78 Å². The van der Waals surface area contributed by atoms with Gasteiger partial charge in [-0.05, 0) is 31.2 Å². The van der Waals surface area contributed by atoms with E-state index in [2.05, 4.69) is 4.98 Å². The van der Waals surface area contributed by atoms with Crippen LogP contribution in [-0.4, -0.2) is 35.9 Å². The summed E-state index contributed by atoms with van der Waals surface area (Å²) in [6.07, 6.45) is -1.01. The van der Waals surface area contributed by atoms with Gasteiger partial charge >= 0.3 is 5.97 Å². The smallest absolute Gasteiger partial charge is 0.347 e. The van der Waals surface area contributed by atoms with Crippen LogP contribution in [0, 0.1) is 6.92 Å². The first-order valence-corrected chi connectivity index (χ1v) is 6.89. The van der Waals surface area contributed by atoms with Crippen molar-refractivity contribution in [2.75, 3.05) is 13.7 Å². The Morgan fingerprint density at radius 1 is 1.40 bits per heavy atom. The number of hydrogen-bond acceptors (Lipinski definition) is 5. The van der Waals surface area contributed by atoms with Gasteiger partial charge in [0, 0.05) is 23.7 Å². The summed E-state index contributed by atoms with van der Waals surface area (Å²) in [6, 6.07) is 7.19. The van der Waals surface area contributed by atoms with Crippen LogP contribution in [0.25, 0.3) is 10.6 Å². The molecule has 1 atom stereocenters. The summed E-state index contributed by atoms with van der Waals surface area (Å²) in [5.41, 5.74) is 1.96. The first kappa shape index (κ1) is 14.5. The van der Waals surface area contributed by atoms with Crippen LogP contribution >= 0.6 is 11.3 Å². The van der Waals surface area contributed by atoms with Crippen LogP contribution in [0.15, 0.2) is 29.6 Å². The largest absolute Gasteiger partial charge is 0.478 e. The summed E-state index contributed by atoms with van der Waals surface area (Å²) >= 11 is 1.57. The van der Waals surface area contributed by atoms with Crippen molar-refractivity contribution >= 4 is 17.3 Å². The molecule has 0 fully saturated rings. The average Bonchev–Trinajstić information content (AvgIpc) is 2.85. The lowest BCUT2D eigenvalue weighted by molar-refractivity contribution is -0.147. The average molecular weight is 293 g/mol. The number of ether oxygens (including phenoxy) is 2. The molecule has 2 aromatic rings. The van der Waals surface area contributed by atoms with Gasteiger partial charge in [0.2, 0.25) is 6.10 Å². The maximum Gasteiger partial charge on any atom is 0.347 e. The fourth-order valence-corrected chi connectivity index (χ4v) is 2.44. The Morgan fingerprint density at radius 3 is 2.60 bits per heavy atom. The van der Waals surface area contributed by atoms with E-state index in [-0.39, 0.29) is 6.61 Å². The normalized spacial score (nSPS) is 12.1. The molecule has 0 bridgehead atoms. The molecule has 1 N–H and O–H groups in total. The van der Waals surface area contributed by atoms with E-state index in [1.54, 1.807) is 23.5 Å². The van der Waals surface area contributed by atoms with Gasteiger partial charge in [0.1, 0.15) is 10.8 Å². The molecule has 1 aromatic heterocycles. The molecule has 0 amide bonds. The number of aromatic nitrogens is 1. The molecule has 5 nitrogen and oxygen atoms in total. The Hall–Kier alpha value is -1.92. The highest BCUT2D eigenvalue weighted by Crippen LogP contribution is 2.25. The second-order valence-corrected chi connectivity index (χ2v) is 5.08. The summed E-state index contributed by atoms with van der Waals surface area (Å²) in [5, 5.41) is 11.9. The van der Waals surface area contributed by atoms with Crippen molar-refractivity contribution in [3.8, 4) is 16.3 Å². The minimum atomic E-state index is -1.05. The first-order chi connectivity index (χ1) is 9.60. The second-order valence-electron chi connectivity index (χ2n) is 4.22. The Balaban J connectivity index is 2.09.